The maximum atomic E-state index is 5.61. The van der Waals surface area contributed by atoms with E-state index in [1.165, 1.54) is 0 Å². The van der Waals surface area contributed by atoms with Crippen molar-refractivity contribution in [3.05, 3.63) is 24.3 Å². The number of nitrogens with zero attached hydrogens (tertiary/aromatic N) is 3. The number of nitrogen functional groups attached to an aromatic ring is 1. The van der Waals surface area contributed by atoms with Crippen molar-refractivity contribution in [1.82, 2.24) is 15.1 Å². The van der Waals surface area contributed by atoms with Gasteiger partial charge in [0, 0.05) is 18.8 Å². The first-order valence-corrected chi connectivity index (χ1v) is 4.83. The molecule has 0 amide bonds. The lowest BCUT2D eigenvalue weighted by Crippen LogP contribution is -1.88. The summed E-state index contributed by atoms with van der Waals surface area (Å²) < 4.78 is 5.10. The Labute approximate surface area is 87.3 Å². The van der Waals surface area contributed by atoms with Crippen LogP contribution in [0.15, 0.2) is 23.0 Å². The van der Waals surface area contributed by atoms with Crippen molar-refractivity contribution in [1.29, 1.82) is 0 Å². The molecule has 0 aliphatic heterocycles. The fourth-order valence-electron chi connectivity index (χ4n) is 1.27. The second-order valence-electron chi connectivity index (χ2n) is 3.27. The number of hydrogen-bond donors (Lipinski definition) is 1. The molecule has 0 unspecified atom stereocenters. The van der Waals surface area contributed by atoms with E-state index in [4.69, 9.17) is 10.3 Å². The Hall–Kier alpha value is -1.91. The highest BCUT2D eigenvalue weighted by Crippen LogP contribution is 2.18. The molecule has 0 atom stereocenters. The first kappa shape index (κ1) is 9.64. The molecule has 0 aliphatic rings. The summed E-state index contributed by atoms with van der Waals surface area (Å²) in [5.74, 6) is 1.19. The van der Waals surface area contributed by atoms with Gasteiger partial charge in [0.15, 0.2) is 5.82 Å². The average molecular weight is 204 g/mol. The molecule has 5 heteroatoms. The third-order valence-electron chi connectivity index (χ3n) is 1.95. The van der Waals surface area contributed by atoms with E-state index in [-0.39, 0.29) is 0 Å². The largest absolute Gasteiger partial charge is 0.397 e. The topological polar surface area (TPSA) is 77.8 Å². The molecule has 0 aliphatic carbocycles. The fourth-order valence-corrected chi connectivity index (χ4v) is 1.27. The first-order chi connectivity index (χ1) is 7.29. The van der Waals surface area contributed by atoms with Crippen molar-refractivity contribution < 1.29 is 4.52 Å². The lowest BCUT2D eigenvalue weighted by molar-refractivity contribution is 0.422. The zero-order valence-corrected chi connectivity index (χ0v) is 8.47. The van der Waals surface area contributed by atoms with Crippen molar-refractivity contribution in [3.63, 3.8) is 0 Å². The van der Waals surface area contributed by atoms with Crippen LogP contribution in [0.4, 0.5) is 5.69 Å². The van der Waals surface area contributed by atoms with Crippen molar-refractivity contribution in [3.8, 4) is 11.5 Å². The Kier molecular flexibility index (Phi) is 2.62. The van der Waals surface area contributed by atoms with Gasteiger partial charge in [-0.2, -0.15) is 4.98 Å². The minimum absolute atomic E-state index is 0.471. The first-order valence-electron chi connectivity index (χ1n) is 4.83. The molecule has 0 saturated carbocycles. The van der Waals surface area contributed by atoms with Crippen molar-refractivity contribution in [2.75, 3.05) is 5.73 Å². The number of aryl methyl sites for hydroxylation is 1. The number of nitrogens with two attached hydrogens (primary N) is 1. The number of hydrogen-bond acceptors (Lipinski definition) is 5. The predicted octanol–water partition coefficient (Wildman–Crippen LogP) is 1.67. The standard InChI is InChI=1S/C10H12N4O/c1-2-3-9-13-10(15-14-9)7-4-8(11)6-12-5-7/h4-6H,2-3,11H2,1H3. The van der Waals surface area contributed by atoms with Crippen LogP contribution in [0.25, 0.3) is 11.5 Å². The summed E-state index contributed by atoms with van der Waals surface area (Å²) in [6.45, 7) is 2.07. The van der Waals surface area contributed by atoms with E-state index in [1.54, 1.807) is 18.5 Å². The quantitative estimate of drug-likeness (QED) is 0.822. The predicted molar refractivity (Wildman–Crippen MR) is 55.9 cm³/mol. The molecule has 0 aromatic carbocycles. The van der Waals surface area contributed by atoms with Gasteiger partial charge in [0.25, 0.3) is 5.89 Å². The molecule has 0 fully saturated rings. The summed E-state index contributed by atoms with van der Waals surface area (Å²) in [6, 6.07) is 1.76. The molecule has 2 aromatic heterocycles. The van der Waals surface area contributed by atoms with Crippen LogP contribution in [0.2, 0.25) is 0 Å². The van der Waals surface area contributed by atoms with Crippen LogP contribution in [0.1, 0.15) is 19.2 Å². The molecule has 0 radical (unpaired) electrons. The summed E-state index contributed by atoms with van der Waals surface area (Å²) in [5.41, 5.74) is 6.95. The lowest BCUT2D eigenvalue weighted by atomic mass is 10.2. The van der Waals surface area contributed by atoms with Crippen LogP contribution in [-0.4, -0.2) is 15.1 Å². The molecular formula is C10H12N4O. The van der Waals surface area contributed by atoms with Crippen LogP contribution in [-0.2, 0) is 6.42 Å². The van der Waals surface area contributed by atoms with Crippen LogP contribution in [0, 0.1) is 0 Å². The number of aromatic nitrogens is 3. The van der Waals surface area contributed by atoms with Gasteiger partial charge in [-0.25, -0.2) is 0 Å². The fraction of sp³-hybridized carbons (Fsp3) is 0.300. The van der Waals surface area contributed by atoms with Gasteiger partial charge in [-0.3, -0.25) is 4.98 Å². The van der Waals surface area contributed by atoms with E-state index in [0.29, 0.717) is 11.6 Å². The molecular weight excluding hydrogens is 192 g/mol. The van der Waals surface area contributed by atoms with Gasteiger partial charge in [-0.05, 0) is 12.5 Å². The van der Waals surface area contributed by atoms with Gasteiger partial charge in [0.05, 0.1) is 11.3 Å². The SMILES string of the molecule is CCCc1noc(-c2cncc(N)c2)n1. The number of rotatable bonds is 3. The summed E-state index contributed by atoms with van der Waals surface area (Å²) in [7, 11) is 0. The Balaban J connectivity index is 2.29. The number of pyridine rings is 1. The molecule has 2 aromatic rings. The van der Waals surface area contributed by atoms with Crippen LogP contribution in [0.3, 0.4) is 0 Å². The second-order valence-corrected chi connectivity index (χ2v) is 3.27. The van der Waals surface area contributed by atoms with Gasteiger partial charge < -0.3 is 10.3 Å². The summed E-state index contributed by atoms with van der Waals surface area (Å²) in [4.78, 5) is 8.20. The Bertz CT molecular complexity index is 452. The zero-order chi connectivity index (χ0) is 10.7. The third kappa shape index (κ3) is 2.12. The second kappa shape index (κ2) is 4.08. The average Bonchev–Trinajstić information content (AvgIpc) is 2.67. The summed E-state index contributed by atoms with van der Waals surface area (Å²) >= 11 is 0. The molecule has 78 valence electrons. The minimum Gasteiger partial charge on any atom is -0.397 e. The van der Waals surface area contributed by atoms with Crippen LogP contribution in [0.5, 0.6) is 0 Å². The third-order valence-corrected chi connectivity index (χ3v) is 1.95. The van der Waals surface area contributed by atoms with E-state index >= 15 is 0 Å². The van der Waals surface area contributed by atoms with Crippen molar-refractivity contribution in [2.45, 2.75) is 19.8 Å². The molecule has 0 spiro atoms. The Morgan fingerprint density at radius 1 is 1.40 bits per heavy atom. The van der Waals surface area contributed by atoms with Gasteiger partial charge in [-0.1, -0.05) is 12.1 Å². The molecule has 0 saturated heterocycles. The van der Waals surface area contributed by atoms with Gasteiger partial charge in [0.2, 0.25) is 0 Å². The number of anilines is 1. The maximum Gasteiger partial charge on any atom is 0.259 e. The summed E-state index contributed by atoms with van der Waals surface area (Å²) in [5, 5.41) is 3.86. The Morgan fingerprint density at radius 3 is 3.00 bits per heavy atom. The Morgan fingerprint density at radius 2 is 2.27 bits per heavy atom. The van der Waals surface area contributed by atoms with Crippen molar-refractivity contribution >= 4 is 5.69 Å². The molecule has 2 heterocycles. The van der Waals surface area contributed by atoms with E-state index in [9.17, 15) is 0 Å². The molecule has 15 heavy (non-hydrogen) atoms. The van der Waals surface area contributed by atoms with Gasteiger partial charge in [-0.15, -0.1) is 0 Å². The lowest BCUT2D eigenvalue weighted by Gasteiger charge is -1.94. The molecule has 2 rings (SSSR count). The summed E-state index contributed by atoms with van der Waals surface area (Å²) in [6.07, 6.45) is 5.04. The minimum atomic E-state index is 0.471. The normalized spacial score (nSPS) is 10.5. The van der Waals surface area contributed by atoms with E-state index in [2.05, 4.69) is 22.0 Å². The monoisotopic (exact) mass is 204 g/mol. The van der Waals surface area contributed by atoms with Gasteiger partial charge >= 0.3 is 0 Å². The molecule has 2 N–H and O–H groups in total. The van der Waals surface area contributed by atoms with E-state index in [1.807, 2.05) is 0 Å². The molecule has 5 nitrogen and oxygen atoms in total. The smallest absolute Gasteiger partial charge is 0.259 e. The van der Waals surface area contributed by atoms with Crippen molar-refractivity contribution in [2.24, 2.45) is 0 Å². The molecule has 0 bridgehead atoms. The maximum absolute atomic E-state index is 5.61. The van der Waals surface area contributed by atoms with Crippen LogP contribution < -0.4 is 5.73 Å². The highest BCUT2D eigenvalue weighted by atomic mass is 16.5. The zero-order valence-electron chi connectivity index (χ0n) is 8.47. The highest BCUT2D eigenvalue weighted by molar-refractivity contribution is 5.57. The van der Waals surface area contributed by atoms with Crippen LogP contribution >= 0.6 is 0 Å². The van der Waals surface area contributed by atoms with E-state index < -0.39 is 0 Å². The van der Waals surface area contributed by atoms with E-state index in [0.717, 1.165) is 24.2 Å². The highest BCUT2D eigenvalue weighted by Gasteiger charge is 2.08. The van der Waals surface area contributed by atoms with Gasteiger partial charge in [0.1, 0.15) is 0 Å².